The third-order valence-corrected chi connectivity index (χ3v) is 2.49. The zero-order chi connectivity index (χ0) is 9.97. The van der Waals surface area contributed by atoms with Crippen molar-refractivity contribution in [3.8, 4) is 0 Å². The minimum absolute atomic E-state index is 0.0718. The Kier molecular flexibility index (Phi) is 2.31. The number of benzene rings is 1. The van der Waals surface area contributed by atoms with E-state index in [0.29, 0.717) is 6.42 Å². The number of carbonyl (C=O) groups is 1. The number of oxime groups is 1. The molecule has 2 rings (SSSR count). The van der Waals surface area contributed by atoms with Crippen molar-refractivity contribution in [2.45, 2.75) is 19.3 Å². The first-order valence-electron chi connectivity index (χ1n) is 4.66. The van der Waals surface area contributed by atoms with E-state index in [1.54, 1.807) is 0 Å². The number of ketones is 1. The molecular formula is C11H11NO2. The van der Waals surface area contributed by atoms with Crippen molar-refractivity contribution in [1.82, 2.24) is 0 Å². The van der Waals surface area contributed by atoms with Gasteiger partial charge in [0.25, 0.3) is 0 Å². The second-order valence-electron chi connectivity index (χ2n) is 3.38. The lowest BCUT2D eigenvalue weighted by Crippen LogP contribution is -2.14. The highest BCUT2D eigenvalue weighted by atomic mass is 16.4. The van der Waals surface area contributed by atoms with Crippen molar-refractivity contribution in [3.05, 3.63) is 35.4 Å². The van der Waals surface area contributed by atoms with Crippen molar-refractivity contribution >= 4 is 11.5 Å². The number of hydrogen-bond donors (Lipinski definition) is 1. The van der Waals surface area contributed by atoms with Crippen LogP contribution in [0.5, 0.6) is 0 Å². The highest BCUT2D eigenvalue weighted by Gasteiger charge is 2.20. The Morgan fingerprint density at radius 1 is 1.21 bits per heavy atom. The molecule has 0 fully saturated rings. The molecule has 3 heteroatoms. The Labute approximate surface area is 82.1 Å². The molecule has 0 heterocycles. The molecule has 1 aromatic carbocycles. The number of hydrogen-bond acceptors (Lipinski definition) is 3. The number of fused-ring (bicyclic) bond motifs is 1. The molecule has 0 atom stereocenters. The highest BCUT2D eigenvalue weighted by Crippen LogP contribution is 2.18. The van der Waals surface area contributed by atoms with Crippen LogP contribution in [0.4, 0.5) is 0 Å². The lowest BCUT2D eigenvalue weighted by atomic mass is 10.0. The van der Waals surface area contributed by atoms with E-state index in [-0.39, 0.29) is 11.5 Å². The standard InChI is InChI=1S/C11H11NO2/c13-10-7-3-5-8-4-1-2-6-9(8)11(10)12-14/h1-2,4,6,14H,3,5,7H2/b12-11-. The largest absolute Gasteiger partial charge is 0.410 e. The molecule has 1 aliphatic carbocycles. The Balaban J connectivity index is 2.56. The average molecular weight is 189 g/mol. The molecule has 0 saturated heterocycles. The van der Waals surface area contributed by atoms with E-state index in [0.717, 1.165) is 24.0 Å². The van der Waals surface area contributed by atoms with Gasteiger partial charge in [-0.25, -0.2) is 0 Å². The Morgan fingerprint density at radius 3 is 2.79 bits per heavy atom. The van der Waals surface area contributed by atoms with Crippen LogP contribution in [0.3, 0.4) is 0 Å². The first-order chi connectivity index (χ1) is 6.83. The SMILES string of the molecule is O=C1CCCc2ccccc2/C1=N/O. The maximum atomic E-state index is 11.5. The van der Waals surface area contributed by atoms with Gasteiger partial charge in [-0.2, -0.15) is 0 Å². The third kappa shape index (κ3) is 1.41. The van der Waals surface area contributed by atoms with E-state index >= 15 is 0 Å². The van der Waals surface area contributed by atoms with Crippen molar-refractivity contribution in [2.24, 2.45) is 5.16 Å². The van der Waals surface area contributed by atoms with Crippen LogP contribution in [-0.4, -0.2) is 16.7 Å². The molecule has 0 aromatic heterocycles. The summed E-state index contributed by atoms with van der Waals surface area (Å²) in [6.45, 7) is 0. The molecule has 72 valence electrons. The van der Waals surface area contributed by atoms with Gasteiger partial charge in [0.2, 0.25) is 0 Å². The summed E-state index contributed by atoms with van der Waals surface area (Å²) in [7, 11) is 0. The molecule has 0 aliphatic heterocycles. The van der Waals surface area contributed by atoms with Gasteiger partial charge in [-0.3, -0.25) is 4.79 Å². The maximum Gasteiger partial charge on any atom is 0.185 e. The van der Waals surface area contributed by atoms with Gasteiger partial charge >= 0.3 is 0 Å². The Bertz CT molecular complexity index is 396. The summed E-state index contributed by atoms with van der Waals surface area (Å²) in [6.07, 6.45) is 2.17. The van der Waals surface area contributed by atoms with Crippen LogP contribution in [0.1, 0.15) is 24.0 Å². The summed E-state index contributed by atoms with van der Waals surface area (Å²) in [6, 6.07) is 7.58. The molecular weight excluding hydrogens is 178 g/mol. The molecule has 0 radical (unpaired) electrons. The lowest BCUT2D eigenvalue weighted by Gasteiger charge is -2.03. The van der Waals surface area contributed by atoms with Crippen LogP contribution >= 0.6 is 0 Å². The molecule has 1 N–H and O–H groups in total. The van der Waals surface area contributed by atoms with Gasteiger partial charge < -0.3 is 5.21 Å². The first kappa shape index (κ1) is 8.94. The molecule has 0 bridgehead atoms. The van der Waals surface area contributed by atoms with Gasteiger partial charge in [-0.15, -0.1) is 0 Å². The van der Waals surface area contributed by atoms with E-state index in [1.165, 1.54) is 0 Å². The summed E-state index contributed by atoms with van der Waals surface area (Å²) in [5, 5.41) is 11.9. The molecule has 3 nitrogen and oxygen atoms in total. The molecule has 0 spiro atoms. The van der Waals surface area contributed by atoms with Crippen molar-refractivity contribution in [3.63, 3.8) is 0 Å². The minimum Gasteiger partial charge on any atom is -0.410 e. The van der Waals surface area contributed by atoms with Gasteiger partial charge in [-0.1, -0.05) is 29.4 Å². The summed E-state index contributed by atoms with van der Waals surface area (Å²) < 4.78 is 0. The fourth-order valence-electron chi connectivity index (χ4n) is 1.79. The average Bonchev–Trinajstić information content (AvgIpc) is 2.36. The van der Waals surface area contributed by atoms with Gasteiger partial charge in [0.15, 0.2) is 11.5 Å². The second-order valence-corrected chi connectivity index (χ2v) is 3.38. The smallest absolute Gasteiger partial charge is 0.185 e. The Hall–Kier alpha value is -1.64. The Morgan fingerprint density at radius 2 is 2.00 bits per heavy atom. The quantitative estimate of drug-likeness (QED) is 0.384. The molecule has 0 unspecified atom stereocenters. The lowest BCUT2D eigenvalue weighted by molar-refractivity contribution is -0.113. The molecule has 0 saturated carbocycles. The summed E-state index contributed by atoms with van der Waals surface area (Å²) in [5.41, 5.74) is 2.07. The number of aryl methyl sites for hydroxylation is 1. The van der Waals surface area contributed by atoms with Crippen LogP contribution in [0, 0.1) is 0 Å². The topological polar surface area (TPSA) is 49.7 Å². The van der Waals surface area contributed by atoms with Crippen LogP contribution in [-0.2, 0) is 11.2 Å². The molecule has 14 heavy (non-hydrogen) atoms. The predicted octanol–water partition coefficient (Wildman–Crippen LogP) is 1.77. The van der Waals surface area contributed by atoms with E-state index in [9.17, 15) is 4.79 Å². The van der Waals surface area contributed by atoms with Gasteiger partial charge in [0.05, 0.1) is 0 Å². The summed E-state index contributed by atoms with van der Waals surface area (Å²) >= 11 is 0. The van der Waals surface area contributed by atoms with Gasteiger partial charge in [0, 0.05) is 12.0 Å². The zero-order valence-corrected chi connectivity index (χ0v) is 7.73. The van der Waals surface area contributed by atoms with Crippen molar-refractivity contribution < 1.29 is 10.0 Å². The normalized spacial score (nSPS) is 19.1. The van der Waals surface area contributed by atoms with Crippen molar-refractivity contribution in [2.75, 3.05) is 0 Å². The van der Waals surface area contributed by atoms with E-state index in [1.807, 2.05) is 24.3 Å². The van der Waals surface area contributed by atoms with Crippen LogP contribution in [0.25, 0.3) is 0 Å². The van der Waals surface area contributed by atoms with Gasteiger partial charge in [0.1, 0.15) is 0 Å². The maximum absolute atomic E-state index is 11.5. The summed E-state index contributed by atoms with van der Waals surface area (Å²) in [4.78, 5) is 11.5. The molecule has 1 aromatic rings. The second kappa shape index (κ2) is 3.62. The molecule has 0 amide bonds. The van der Waals surface area contributed by atoms with E-state index < -0.39 is 0 Å². The minimum atomic E-state index is -0.0718. The monoisotopic (exact) mass is 189 g/mol. The van der Waals surface area contributed by atoms with Crippen LogP contribution in [0.15, 0.2) is 29.4 Å². The summed E-state index contributed by atoms with van der Waals surface area (Å²) in [5.74, 6) is -0.0718. The van der Waals surface area contributed by atoms with E-state index in [4.69, 9.17) is 5.21 Å². The highest BCUT2D eigenvalue weighted by molar-refractivity contribution is 6.46. The number of Topliss-reactive ketones (excluding diaryl/α,β-unsaturated/α-hetero) is 1. The van der Waals surface area contributed by atoms with E-state index in [2.05, 4.69) is 5.16 Å². The third-order valence-electron chi connectivity index (χ3n) is 2.49. The first-order valence-corrected chi connectivity index (χ1v) is 4.66. The van der Waals surface area contributed by atoms with Gasteiger partial charge in [-0.05, 0) is 18.4 Å². The van der Waals surface area contributed by atoms with Crippen LogP contribution < -0.4 is 0 Å². The fourth-order valence-corrected chi connectivity index (χ4v) is 1.79. The van der Waals surface area contributed by atoms with Crippen molar-refractivity contribution in [1.29, 1.82) is 0 Å². The number of rotatable bonds is 0. The predicted molar refractivity (Wildman–Crippen MR) is 52.7 cm³/mol. The van der Waals surface area contributed by atoms with Crippen LogP contribution in [0.2, 0.25) is 0 Å². The molecule has 1 aliphatic rings. The number of nitrogens with zero attached hydrogens (tertiary/aromatic N) is 1. The number of carbonyl (C=O) groups excluding carboxylic acids is 1. The zero-order valence-electron chi connectivity index (χ0n) is 7.73. The fraction of sp³-hybridized carbons (Fsp3) is 0.273.